The van der Waals surface area contributed by atoms with Crippen LogP contribution in [-0.4, -0.2) is 11.5 Å². The Kier molecular flexibility index (Phi) is 8.19. The maximum Gasteiger partial charge on any atom is 0.326 e. The fourth-order valence-corrected chi connectivity index (χ4v) is 1.73. The molecule has 74 valence electrons. The molecule has 2 unspecified atom stereocenters. The summed E-state index contributed by atoms with van der Waals surface area (Å²) in [6, 6.07) is 0. The second-order valence-electron chi connectivity index (χ2n) is 2.17. The standard InChI is InChI=1S/C5H14O5P2/c1-2-3-4-5-9-12(8)10-11(6)7/h11-12H,2-5H2,1H3,(H,6,7). The Labute approximate surface area is 73.0 Å². The zero-order valence-electron chi connectivity index (χ0n) is 6.91. The monoisotopic (exact) mass is 216 g/mol. The van der Waals surface area contributed by atoms with Gasteiger partial charge in [-0.25, -0.2) is 4.31 Å². The molecule has 0 heterocycles. The molecule has 2 atom stereocenters. The van der Waals surface area contributed by atoms with Crippen LogP contribution in [0.15, 0.2) is 0 Å². The number of hydrogen-bond acceptors (Lipinski definition) is 4. The lowest BCUT2D eigenvalue weighted by Gasteiger charge is -2.01. The normalized spacial score (nSPS) is 15.8. The van der Waals surface area contributed by atoms with Crippen LogP contribution in [0.2, 0.25) is 0 Å². The molecule has 0 aromatic rings. The van der Waals surface area contributed by atoms with Crippen molar-refractivity contribution in [1.29, 1.82) is 0 Å². The van der Waals surface area contributed by atoms with Crippen LogP contribution in [0.1, 0.15) is 26.2 Å². The van der Waals surface area contributed by atoms with Gasteiger partial charge < -0.3 is 9.42 Å². The smallest absolute Gasteiger partial charge is 0.326 e. The Hall–Kier alpha value is 0.340. The van der Waals surface area contributed by atoms with Crippen molar-refractivity contribution in [3.63, 3.8) is 0 Å². The predicted octanol–water partition coefficient (Wildman–Crippen LogP) is 1.98. The molecule has 0 aliphatic heterocycles. The van der Waals surface area contributed by atoms with E-state index in [0.29, 0.717) is 6.61 Å². The first-order valence-corrected chi connectivity index (χ1v) is 6.23. The molecule has 0 saturated carbocycles. The zero-order chi connectivity index (χ0) is 9.40. The Morgan fingerprint density at radius 2 is 2.00 bits per heavy atom. The third-order valence-corrected chi connectivity index (χ3v) is 2.94. The third-order valence-electron chi connectivity index (χ3n) is 1.14. The molecule has 0 fully saturated rings. The third kappa shape index (κ3) is 8.44. The SMILES string of the molecule is CCCCCO[PH](=O)O[PH](=O)O. The highest BCUT2D eigenvalue weighted by Crippen LogP contribution is 2.35. The van der Waals surface area contributed by atoms with E-state index < -0.39 is 16.5 Å². The first kappa shape index (κ1) is 12.3. The van der Waals surface area contributed by atoms with E-state index in [4.69, 9.17) is 4.89 Å². The predicted molar refractivity (Wildman–Crippen MR) is 46.8 cm³/mol. The van der Waals surface area contributed by atoms with Crippen molar-refractivity contribution in [3.8, 4) is 0 Å². The molecular weight excluding hydrogens is 202 g/mol. The van der Waals surface area contributed by atoms with Crippen LogP contribution in [0.3, 0.4) is 0 Å². The average molecular weight is 216 g/mol. The fourth-order valence-electron chi connectivity index (χ4n) is 0.608. The van der Waals surface area contributed by atoms with E-state index in [0.717, 1.165) is 19.3 Å². The van der Waals surface area contributed by atoms with Crippen LogP contribution in [-0.2, 0) is 18.0 Å². The van der Waals surface area contributed by atoms with Gasteiger partial charge in [0.05, 0.1) is 6.61 Å². The van der Waals surface area contributed by atoms with Gasteiger partial charge in [0.15, 0.2) is 0 Å². The van der Waals surface area contributed by atoms with E-state index in [2.05, 4.69) is 8.83 Å². The van der Waals surface area contributed by atoms with E-state index in [1.165, 1.54) is 0 Å². The molecule has 0 spiro atoms. The summed E-state index contributed by atoms with van der Waals surface area (Å²) in [5.74, 6) is 0. The molecular formula is C5H14O5P2. The second kappa shape index (κ2) is 7.96. The molecule has 0 aromatic heterocycles. The summed E-state index contributed by atoms with van der Waals surface area (Å²) in [5.41, 5.74) is 0. The van der Waals surface area contributed by atoms with Crippen LogP contribution in [0.4, 0.5) is 0 Å². The summed E-state index contributed by atoms with van der Waals surface area (Å²) in [4.78, 5) is 8.20. The van der Waals surface area contributed by atoms with Crippen molar-refractivity contribution in [2.45, 2.75) is 26.2 Å². The van der Waals surface area contributed by atoms with E-state index in [1.54, 1.807) is 0 Å². The number of unbranched alkanes of at least 4 members (excludes halogenated alkanes) is 2. The van der Waals surface area contributed by atoms with Gasteiger partial charge in [0.2, 0.25) is 0 Å². The summed E-state index contributed by atoms with van der Waals surface area (Å²) >= 11 is 0. The van der Waals surface area contributed by atoms with Crippen molar-refractivity contribution in [2.75, 3.05) is 6.61 Å². The summed E-state index contributed by atoms with van der Waals surface area (Å²) in [5, 5.41) is 0. The molecule has 0 bridgehead atoms. The Balaban J connectivity index is 3.26. The first-order chi connectivity index (χ1) is 5.66. The van der Waals surface area contributed by atoms with Gasteiger partial charge in [0.25, 0.3) is 0 Å². The van der Waals surface area contributed by atoms with E-state index in [1.807, 2.05) is 6.92 Å². The molecule has 0 saturated heterocycles. The lowest BCUT2D eigenvalue weighted by molar-refractivity contribution is 0.273. The molecule has 7 heteroatoms. The van der Waals surface area contributed by atoms with Crippen molar-refractivity contribution in [2.24, 2.45) is 0 Å². The van der Waals surface area contributed by atoms with E-state index in [-0.39, 0.29) is 0 Å². The highest BCUT2D eigenvalue weighted by Gasteiger charge is 2.01. The highest BCUT2D eigenvalue weighted by molar-refractivity contribution is 7.47. The zero-order valence-corrected chi connectivity index (χ0v) is 8.91. The largest absolute Gasteiger partial charge is 0.326 e. The molecule has 0 amide bonds. The van der Waals surface area contributed by atoms with Gasteiger partial charge in [-0.15, -0.1) is 0 Å². The molecule has 0 radical (unpaired) electrons. The van der Waals surface area contributed by atoms with Crippen molar-refractivity contribution >= 4 is 16.5 Å². The molecule has 0 rings (SSSR count). The number of rotatable bonds is 7. The molecule has 1 N–H and O–H groups in total. The summed E-state index contributed by atoms with van der Waals surface area (Å²) in [6.45, 7) is 2.35. The molecule has 12 heavy (non-hydrogen) atoms. The maximum atomic E-state index is 10.6. The van der Waals surface area contributed by atoms with Crippen molar-refractivity contribution in [3.05, 3.63) is 0 Å². The Bertz CT molecular complexity index is 160. The quantitative estimate of drug-likeness (QED) is 0.520. The van der Waals surface area contributed by atoms with Crippen LogP contribution in [0, 0.1) is 0 Å². The van der Waals surface area contributed by atoms with Gasteiger partial charge in [-0.3, -0.25) is 9.13 Å². The summed E-state index contributed by atoms with van der Waals surface area (Å²) < 4.78 is 29.3. The molecule has 0 aliphatic carbocycles. The van der Waals surface area contributed by atoms with Gasteiger partial charge in [-0.2, -0.15) is 0 Å². The lowest BCUT2D eigenvalue weighted by atomic mass is 10.3. The van der Waals surface area contributed by atoms with Crippen molar-refractivity contribution < 1.29 is 22.9 Å². The lowest BCUT2D eigenvalue weighted by Crippen LogP contribution is -1.86. The van der Waals surface area contributed by atoms with Crippen LogP contribution in [0.5, 0.6) is 0 Å². The first-order valence-electron chi connectivity index (χ1n) is 3.74. The van der Waals surface area contributed by atoms with Gasteiger partial charge >= 0.3 is 16.5 Å². The average Bonchev–Trinajstić information content (AvgIpc) is 1.97. The van der Waals surface area contributed by atoms with Crippen LogP contribution < -0.4 is 0 Å². The van der Waals surface area contributed by atoms with Crippen LogP contribution >= 0.6 is 16.5 Å². The summed E-state index contributed by atoms with van der Waals surface area (Å²) in [6.07, 6.45) is 2.83. The topological polar surface area (TPSA) is 72.8 Å². The van der Waals surface area contributed by atoms with Crippen molar-refractivity contribution in [1.82, 2.24) is 0 Å². The maximum absolute atomic E-state index is 10.6. The molecule has 5 nitrogen and oxygen atoms in total. The second-order valence-corrected chi connectivity index (χ2v) is 4.31. The van der Waals surface area contributed by atoms with Gasteiger partial charge in [-0.05, 0) is 6.42 Å². The van der Waals surface area contributed by atoms with Gasteiger partial charge in [0.1, 0.15) is 0 Å². The Morgan fingerprint density at radius 1 is 1.33 bits per heavy atom. The molecule has 0 aliphatic rings. The van der Waals surface area contributed by atoms with Crippen LogP contribution in [0.25, 0.3) is 0 Å². The minimum atomic E-state index is -3.12. The molecule has 0 aromatic carbocycles. The summed E-state index contributed by atoms with van der Waals surface area (Å²) in [7, 11) is -5.85. The Morgan fingerprint density at radius 3 is 2.50 bits per heavy atom. The number of hydrogen-bond donors (Lipinski definition) is 1. The highest BCUT2D eigenvalue weighted by atomic mass is 31.2. The van der Waals surface area contributed by atoms with E-state index in [9.17, 15) is 9.13 Å². The van der Waals surface area contributed by atoms with Gasteiger partial charge in [0, 0.05) is 0 Å². The van der Waals surface area contributed by atoms with E-state index >= 15 is 0 Å². The minimum absolute atomic E-state index is 0.320. The fraction of sp³-hybridized carbons (Fsp3) is 1.00. The van der Waals surface area contributed by atoms with Gasteiger partial charge in [-0.1, -0.05) is 19.8 Å². The minimum Gasteiger partial charge on any atom is -0.326 e.